The first kappa shape index (κ1) is 8.39. The van der Waals surface area contributed by atoms with Gasteiger partial charge in [-0.05, 0) is 24.6 Å². The summed E-state index contributed by atoms with van der Waals surface area (Å²) in [4.78, 5) is 10.5. The normalized spacial score (nSPS) is 9.75. The van der Waals surface area contributed by atoms with Crippen molar-refractivity contribution in [2.75, 3.05) is 5.73 Å². The van der Waals surface area contributed by atoms with E-state index in [-0.39, 0.29) is 17.0 Å². The van der Waals surface area contributed by atoms with Crippen LogP contribution in [0.25, 0.3) is 0 Å². The van der Waals surface area contributed by atoms with Crippen LogP contribution in [0.4, 0.5) is 5.69 Å². The number of carboxylic acid groups (broad SMARTS) is 1. The summed E-state index contributed by atoms with van der Waals surface area (Å²) in [6, 6.07) is 2.58. The second kappa shape index (κ2) is 2.73. The fourth-order valence-electron chi connectivity index (χ4n) is 0.904. The Hall–Kier alpha value is -1.71. The number of aryl methyl sites for hydroxylation is 1. The van der Waals surface area contributed by atoms with Crippen molar-refractivity contribution in [1.82, 2.24) is 0 Å². The Balaban J connectivity index is 3.33. The van der Waals surface area contributed by atoms with Crippen LogP contribution >= 0.6 is 0 Å². The first-order chi connectivity index (χ1) is 5.52. The van der Waals surface area contributed by atoms with Crippen LogP contribution in [0.3, 0.4) is 0 Å². The van der Waals surface area contributed by atoms with Crippen molar-refractivity contribution in [2.45, 2.75) is 6.92 Å². The number of aromatic hydroxyl groups is 1. The van der Waals surface area contributed by atoms with E-state index in [0.29, 0.717) is 5.56 Å². The predicted octanol–water partition coefficient (Wildman–Crippen LogP) is 0.981. The molecule has 0 bridgehead atoms. The predicted molar refractivity (Wildman–Crippen MR) is 44.2 cm³/mol. The van der Waals surface area contributed by atoms with E-state index < -0.39 is 5.97 Å². The van der Waals surface area contributed by atoms with Crippen molar-refractivity contribution >= 4 is 11.7 Å². The molecule has 0 saturated carbocycles. The average Bonchev–Trinajstić information content (AvgIpc) is 1.96. The summed E-state index contributed by atoms with van der Waals surface area (Å²) in [7, 11) is 0. The highest BCUT2D eigenvalue weighted by molar-refractivity contribution is 5.94. The highest BCUT2D eigenvalue weighted by Gasteiger charge is 2.09. The van der Waals surface area contributed by atoms with Gasteiger partial charge in [0, 0.05) is 5.69 Å². The maximum Gasteiger partial charge on any atom is 0.337 e. The lowest BCUT2D eigenvalue weighted by Crippen LogP contribution is -2.02. The Morgan fingerprint density at radius 2 is 2.08 bits per heavy atom. The van der Waals surface area contributed by atoms with Crippen LogP contribution in [0.2, 0.25) is 0 Å². The number of phenols is 1. The summed E-state index contributed by atoms with van der Waals surface area (Å²) in [5.74, 6) is -1.19. The standard InChI is InChI=1S/C8H9NO3/c1-4-2-6(9)5(8(11)12)3-7(4)10/h2-3,10H,9H2,1H3,(H,11,12). The van der Waals surface area contributed by atoms with Gasteiger partial charge in [0.25, 0.3) is 0 Å². The Bertz CT molecular complexity index is 333. The molecule has 0 amide bonds. The molecular weight excluding hydrogens is 158 g/mol. The third-order valence-corrected chi connectivity index (χ3v) is 1.60. The fraction of sp³-hybridized carbons (Fsp3) is 0.125. The van der Waals surface area contributed by atoms with Gasteiger partial charge in [-0.3, -0.25) is 0 Å². The van der Waals surface area contributed by atoms with Gasteiger partial charge < -0.3 is 15.9 Å². The molecule has 12 heavy (non-hydrogen) atoms. The molecule has 0 aromatic heterocycles. The number of nitrogen functional groups attached to an aromatic ring is 1. The maximum absolute atomic E-state index is 10.5. The molecule has 4 nitrogen and oxygen atoms in total. The molecule has 0 aliphatic carbocycles. The molecule has 1 rings (SSSR count). The van der Waals surface area contributed by atoms with Crippen LogP contribution in [0.15, 0.2) is 12.1 Å². The molecule has 0 atom stereocenters. The zero-order valence-corrected chi connectivity index (χ0v) is 6.53. The van der Waals surface area contributed by atoms with E-state index >= 15 is 0 Å². The number of anilines is 1. The zero-order valence-electron chi connectivity index (χ0n) is 6.53. The highest BCUT2D eigenvalue weighted by atomic mass is 16.4. The number of nitrogens with two attached hydrogens (primary N) is 1. The van der Waals surface area contributed by atoms with Crippen LogP contribution in [0, 0.1) is 6.92 Å². The van der Waals surface area contributed by atoms with Crippen molar-refractivity contribution in [3.05, 3.63) is 23.3 Å². The SMILES string of the molecule is Cc1cc(N)c(C(=O)O)cc1O. The lowest BCUT2D eigenvalue weighted by atomic mass is 10.1. The first-order valence-corrected chi connectivity index (χ1v) is 3.34. The molecular formula is C8H9NO3. The number of rotatable bonds is 1. The second-order valence-corrected chi connectivity index (χ2v) is 2.53. The molecule has 0 saturated heterocycles. The van der Waals surface area contributed by atoms with E-state index in [1.807, 2.05) is 0 Å². The summed E-state index contributed by atoms with van der Waals surface area (Å²) in [5.41, 5.74) is 6.06. The van der Waals surface area contributed by atoms with Gasteiger partial charge in [-0.1, -0.05) is 0 Å². The van der Waals surface area contributed by atoms with Gasteiger partial charge in [0.2, 0.25) is 0 Å². The van der Waals surface area contributed by atoms with E-state index in [1.165, 1.54) is 6.07 Å². The van der Waals surface area contributed by atoms with Crippen molar-refractivity contribution in [3.63, 3.8) is 0 Å². The maximum atomic E-state index is 10.5. The van der Waals surface area contributed by atoms with Crippen LogP contribution in [0.5, 0.6) is 5.75 Å². The van der Waals surface area contributed by atoms with E-state index in [4.69, 9.17) is 15.9 Å². The number of aromatic carboxylic acids is 1. The minimum atomic E-state index is -1.14. The molecule has 0 unspecified atom stereocenters. The van der Waals surface area contributed by atoms with E-state index in [9.17, 15) is 4.79 Å². The monoisotopic (exact) mass is 167 g/mol. The second-order valence-electron chi connectivity index (χ2n) is 2.53. The third-order valence-electron chi connectivity index (χ3n) is 1.60. The summed E-state index contributed by atoms with van der Waals surface area (Å²) >= 11 is 0. The molecule has 0 radical (unpaired) electrons. The average molecular weight is 167 g/mol. The Labute approximate surface area is 69.3 Å². The molecule has 0 spiro atoms. The number of phenolic OH excluding ortho intramolecular Hbond substituents is 1. The number of benzene rings is 1. The minimum absolute atomic E-state index is 0.0541. The molecule has 1 aromatic rings. The topological polar surface area (TPSA) is 83.6 Å². The smallest absolute Gasteiger partial charge is 0.337 e. The van der Waals surface area contributed by atoms with Gasteiger partial charge >= 0.3 is 5.97 Å². The Morgan fingerprint density at radius 3 is 2.58 bits per heavy atom. The van der Waals surface area contributed by atoms with Crippen LogP contribution in [-0.2, 0) is 0 Å². The minimum Gasteiger partial charge on any atom is -0.508 e. The van der Waals surface area contributed by atoms with E-state index in [0.717, 1.165) is 6.07 Å². The fourth-order valence-corrected chi connectivity index (χ4v) is 0.904. The van der Waals surface area contributed by atoms with Gasteiger partial charge in [-0.25, -0.2) is 4.79 Å². The third kappa shape index (κ3) is 1.32. The number of hydrogen-bond donors (Lipinski definition) is 3. The number of carbonyl (C=O) groups is 1. The lowest BCUT2D eigenvalue weighted by Gasteiger charge is -2.03. The molecule has 0 aliphatic rings. The molecule has 0 heterocycles. The summed E-state index contributed by atoms with van der Waals surface area (Å²) in [6.07, 6.45) is 0. The van der Waals surface area contributed by atoms with Crippen LogP contribution in [0.1, 0.15) is 15.9 Å². The summed E-state index contributed by atoms with van der Waals surface area (Å²) < 4.78 is 0. The van der Waals surface area contributed by atoms with Gasteiger partial charge in [0.15, 0.2) is 0 Å². The molecule has 1 aromatic carbocycles. The number of carboxylic acids is 1. The van der Waals surface area contributed by atoms with Crippen molar-refractivity contribution < 1.29 is 15.0 Å². The van der Waals surface area contributed by atoms with Gasteiger partial charge in [0.05, 0.1) is 5.56 Å². The summed E-state index contributed by atoms with van der Waals surface area (Å²) in [6.45, 7) is 1.65. The molecule has 4 N–H and O–H groups in total. The molecule has 0 fully saturated rings. The first-order valence-electron chi connectivity index (χ1n) is 3.34. The van der Waals surface area contributed by atoms with Gasteiger partial charge in [0.1, 0.15) is 5.75 Å². The Morgan fingerprint density at radius 1 is 1.50 bits per heavy atom. The van der Waals surface area contributed by atoms with Crippen LogP contribution in [-0.4, -0.2) is 16.2 Å². The highest BCUT2D eigenvalue weighted by Crippen LogP contribution is 2.23. The van der Waals surface area contributed by atoms with Crippen molar-refractivity contribution in [3.8, 4) is 5.75 Å². The zero-order chi connectivity index (χ0) is 9.30. The molecule has 0 aliphatic heterocycles. The van der Waals surface area contributed by atoms with E-state index in [2.05, 4.69) is 0 Å². The van der Waals surface area contributed by atoms with E-state index in [1.54, 1.807) is 6.92 Å². The Kier molecular flexibility index (Phi) is 1.91. The lowest BCUT2D eigenvalue weighted by molar-refractivity contribution is 0.0697. The molecule has 64 valence electrons. The number of hydrogen-bond acceptors (Lipinski definition) is 3. The van der Waals surface area contributed by atoms with Crippen LogP contribution < -0.4 is 5.73 Å². The quantitative estimate of drug-likeness (QED) is 0.430. The van der Waals surface area contributed by atoms with Crippen molar-refractivity contribution in [2.24, 2.45) is 0 Å². The summed E-state index contributed by atoms with van der Waals surface area (Å²) in [5, 5.41) is 17.7. The van der Waals surface area contributed by atoms with Crippen molar-refractivity contribution in [1.29, 1.82) is 0 Å². The van der Waals surface area contributed by atoms with Gasteiger partial charge in [-0.15, -0.1) is 0 Å². The van der Waals surface area contributed by atoms with Gasteiger partial charge in [-0.2, -0.15) is 0 Å². The molecule has 4 heteroatoms. The largest absolute Gasteiger partial charge is 0.508 e.